The molecule has 2 aromatic carbocycles. The zero-order chi connectivity index (χ0) is 22.2. The number of benzene rings is 2. The first-order valence-corrected chi connectivity index (χ1v) is 9.35. The van der Waals surface area contributed by atoms with E-state index >= 15 is 0 Å². The lowest BCUT2D eigenvalue weighted by Gasteiger charge is -2.38. The van der Waals surface area contributed by atoms with E-state index in [1.807, 2.05) is 6.07 Å². The molecule has 1 unspecified atom stereocenters. The van der Waals surface area contributed by atoms with Crippen molar-refractivity contribution in [2.45, 2.75) is 44.0 Å². The fourth-order valence-electron chi connectivity index (χ4n) is 3.77. The Morgan fingerprint density at radius 2 is 1.77 bits per heavy atom. The molecular formula is C23H21F3N2O2. The molecule has 0 amide bonds. The highest BCUT2D eigenvalue weighted by molar-refractivity contribution is 5.78. The third-order valence-corrected chi connectivity index (χ3v) is 5.35. The normalized spacial score (nSPS) is 14.3. The zero-order valence-electron chi connectivity index (χ0n) is 16.6. The first kappa shape index (κ1) is 21.6. The number of aromatic nitrogens is 1. The third-order valence-electron chi connectivity index (χ3n) is 5.35. The van der Waals surface area contributed by atoms with E-state index in [4.69, 9.17) is 5.26 Å². The molecule has 30 heavy (non-hydrogen) atoms. The highest BCUT2D eigenvalue weighted by Gasteiger charge is 2.56. The number of para-hydroxylation sites is 1. The first-order chi connectivity index (χ1) is 14.0. The van der Waals surface area contributed by atoms with Gasteiger partial charge in [-0.15, -0.1) is 0 Å². The van der Waals surface area contributed by atoms with E-state index in [1.165, 1.54) is 29.0 Å². The van der Waals surface area contributed by atoms with Crippen molar-refractivity contribution >= 4 is 10.9 Å². The van der Waals surface area contributed by atoms with Crippen LogP contribution in [0, 0.1) is 11.3 Å². The van der Waals surface area contributed by atoms with E-state index in [0.29, 0.717) is 16.6 Å². The molecule has 1 atom stereocenters. The van der Waals surface area contributed by atoms with Crippen molar-refractivity contribution in [3.8, 4) is 6.07 Å². The Balaban J connectivity index is 2.05. The second kappa shape index (κ2) is 7.62. The predicted octanol–water partition coefficient (Wildman–Crippen LogP) is 4.53. The van der Waals surface area contributed by atoms with E-state index in [9.17, 15) is 23.1 Å². The Bertz CT molecular complexity index is 1180. The summed E-state index contributed by atoms with van der Waals surface area (Å²) in [6.07, 6.45) is -4.27. The molecule has 1 aromatic heterocycles. The minimum absolute atomic E-state index is 0.283. The molecular weight excluding hydrogens is 393 g/mol. The van der Waals surface area contributed by atoms with Crippen LogP contribution >= 0.6 is 0 Å². The van der Waals surface area contributed by atoms with Gasteiger partial charge in [-0.3, -0.25) is 4.79 Å². The maximum Gasteiger partial charge on any atom is 0.418 e. The van der Waals surface area contributed by atoms with Crippen LogP contribution < -0.4 is 5.43 Å². The summed E-state index contributed by atoms with van der Waals surface area (Å²) in [4.78, 5) is 12.0. The molecule has 0 aliphatic heterocycles. The maximum absolute atomic E-state index is 14.1. The lowest BCUT2D eigenvalue weighted by molar-refractivity contribution is -0.271. The molecule has 0 saturated heterocycles. The van der Waals surface area contributed by atoms with Gasteiger partial charge in [0.2, 0.25) is 0 Å². The Hall–Kier alpha value is -3.11. The Kier molecular flexibility index (Phi) is 5.48. The second-order valence-electron chi connectivity index (χ2n) is 8.11. The van der Waals surface area contributed by atoms with Gasteiger partial charge < -0.3 is 9.67 Å². The van der Waals surface area contributed by atoms with E-state index in [0.717, 1.165) is 0 Å². The summed E-state index contributed by atoms with van der Waals surface area (Å²) in [6.45, 7) is 2.44. The maximum atomic E-state index is 14.1. The Labute approximate surface area is 171 Å². The Morgan fingerprint density at radius 1 is 1.07 bits per heavy atom. The molecule has 4 nitrogen and oxygen atoms in total. The van der Waals surface area contributed by atoms with Crippen molar-refractivity contribution in [2.75, 3.05) is 0 Å². The summed E-state index contributed by atoms with van der Waals surface area (Å²) < 4.78 is 43.5. The first-order valence-electron chi connectivity index (χ1n) is 9.35. The van der Waals surface area contributed by atoms with Crippen LogP contribution in [-0.2, 0) is 12.0 Å². The van der Waals surface area contributed by atoms with Crippen molar-refractivity contribution in [2.24, 2.45) is 0 Å². The van der Waals surface area contributed by atoms with Crippen molar-refractivity contribution < 1.29 is 18.3 Å². The lowest BCUT2D eigenvalue weighted by Crippen LogP contribution is -2.52. The zero-order valence-corrected chi connectivity index (χ0v) is 16.6. The minimum atomic E-state index is -4.92. The number of nitriles is 1. The molecule has 156 valence electrons. The monoisotopic (exact) mass is 414 g/mol. The number of halogens is 3. The van der Waals surface area contributed by atoms with E-state index in [1.54, 1.807) is 50.2 Å². The summed E-state index contributed by atoms with van der Waals surface area (Å²) in [5, 5.41) is 20.2. The van der Waals surface area contributed by atoms with Crippen molar-refractivity contribution in [1.29, 1.82) is 5.26 Å². The van der Waals surface area contributed by atoms with Crippen LogP contribution in [0.25, 0.3) is 10.9 Å². The van der Waals surface area contributed by atoms with Crippen molar-refractivity contribution in [3.63, 3.8) is 0 Å². The van der Waals surface area contributed by atoms with Crippen LogP contribution in [0.4, 0.5) is 13.2 Å². The van der Waals surface area contributed by atoms with Crippen LogP contribution in [0.2, 0.25) is 0 Å². The summed E-state index contributed by atoms with van der Waals surface area (Å²) in [6, 6.07) is 15.9. The third kappa shape index (κ3) is 4.10. The topological polar surface area (TPSA) is 66.0 Å². The lowest BCUT2D eigenvalue weighted by atomic mass is 9.74. The van der Waals surface area contributed by atoms with E-state index in [-0.39, 0.29) is 10.8 Å². The molecule has 0 aliphatic carbocycles. The standard InChI is InChI=1S/C23H21F3N2O2/c1-21(2,17-7-5-6-16(12-17)13-27)14-22(30,23(24,25)26)15-28-11-10-20(29)18-8-3-4-9-19(18)28/h3-12,30H,14-15H2,1-2H3. The number of hydrogen-bond acceptors (Lipinski definition) is 3. The van der Waals surface area contributed by atoms with Crippen molar-refractivity contribution in [1.82, 2.24) is 4.57 Å². The minimum Gasteiger partial charge on any atom is -0.379 e. The number of aliphatic hydroxyl groups is 1. The summed E-state index contributed by atoms with van der Waals surface area (Å²) >= 11 is 0. The van der Waals surface area contributed by atoms with Gasteiger partial charge in [0.1, 0.15) is 0 Å². The molecule has 3 aromatic rings. The van der Waals surface area contributed by atoms with Gasteiger partial charge in [0.15, 0.2) is 11.0 Å². The number of nitrogens with zero attached hydrogens (tertiary/aromatic N) is 2. The summed E-state index contributed by atoms with van der Waals surface area (Å²) in [5.74, 6) is 0. The van der Waals surface area contributed by atoms with Crippen LogP contribution in [-0.4, -0.2) is 21.5 Å². The van der Waals surface area contributed by atoms with Crippen LogP contribution in [0.15, 0.2) is 65.6 Å². The number of rotatable bonds is 5. The molecule has 0 saturated carbocycles. The van der Waals surface area contributed by atoms with Crippen LogP contribution in [0.1, 0.15) is 31.4 Å². The molecule has 0 aliphatic rings. The fraction of sp³-hybridized carbons (Fsp3) is 0.304. The molecule has 0 fully saturated rings. The molecule has 7 heteroatoms. The SMILES string of the molecule is CC(C)(CC(O)(Cn1ccc(=O)c2ccccc21)C(F)(F)F)c1cccc(C#N)c1. The fourth-order valence-corrected chi connectivity index (χ4v) is 3.77. The number of alkyl halides is 3. The molecule has 0 bridgehead atoms. The summed E-state index contributed by atoms with van der Waals surface area (Å²) in [7, 11) is 0. The molecule has 0 radical (unpaired) electrons. The van der Waals surface area contributed by atoms with Gasteiger partial charge in [-0.25, -0.2) is 0 Å². The van der Waals surface area contributed by atoms with Gasteiger partial charge in [0.25, 0.3) is 0 Å². The largest absolute Gasteiger partial charge is 0.418 e. The predicted molar refractivity (Wildman–Crippen MR) is 108 cm³/mol. The molecule has 0 spiro atoms. The van der Waals surface area contributed by atoms with Crippen LogP contribution in [0.3, 0.4) is 0 Å². The van der Waals surface area contributed by atoms with Gasteiger partial charge in [-0.2, -0.15) is 18.4 Å². The summed E-state index contributed by atoms with van der Waals surface area (Å²) in [5.41, 5.74) is -3.26. The average molecular weight is 414 g/mol. The van der Waals surface area contributed by atoms with Gasteiger partial charge in [0.05, 0.1) is 23.7 Å². The second-order valence-corrected chi connectivity index (χ2v) is 8.11. The van der Waals surface area contributed by atoms with Gasteiger partial charge in [-0.05, 0) is 41.7 Å². The number of pyridine rings is 1. The van der Waals surface area contributed by atoms with E-state index in [2.05, 4.69) is 0 Å². The van der Waals surface area contributed by atoms with Gasteiger partial charge >= 0.3 is 6.18 Å². The average Bonchev–Trinajstić information content (AvgIpc) is 2.69. The van der Waals surface area contributed by atoms with Crippen LogP contribution in [0.5, 0.6) is 0 Å². The van der Waals surface area contributed by atoms with Gasteiger partial charge in [0, 0.05) is 17.6 Å². The number of fused-ring (bicyclic) bond motifs is 1. The molecule has 1 heterocycles. The van der Waals surface area contributed by atoms with Gasteiger partial charge in [-0.1, -0.05) is 38.1 Å². The van der Waals surface area contributed by atoms with Crippen molar-refractivity contribution in [3.05, 3.63) is 82.1 Å². The highest BCUT2D eigenvalue weighted by Crippen LogP contribution is 2.42. The Morgan fingerprint density at radius 3 is 2.43 bits per heavy atom. The molecule has 3 rings (SSSR count). The molecule has 1 N–H and O–H groups in total. The smallest absolute Gasteiger partial charge is 0.379 e. The quantitative estimate of drug-likeness (QED) is 0.667. The van der Waals surface area contributed by atoms with E-state index < -0.39 is 30.2 Å². The highest BCUT2D eigenvalue weighted by atomic mass is 19.4. The number of hydrogen-bond donors (Lipinski definition) is 1.